The number of carbonyl (C=O) groups is 2. The molecule has 19 heavy (non-hydrogen) atoms. The number of hydrogen-bond donors (Lipinski definition) is 2. The van der Waals surface area contributed by atoms with Crippen LogP contribution < -0.4 is 5.32 Å². The van der Waals surface area contributed by atoms with Crippen molar-refractivity contribution in [1.29, 1.82) is 0 Å². The van der Waals surface area contributed by atoms with Crippen molar-refractivity contribution in [3.63, 3.8) is 0 Å². The van der Waals surface area contributed by atoms with Crippen LogP contribution in [-0.2, 0) is 16.1 Å². The number of nitrogens with one attached hydrogen (secondary N) is 1. The second-order valence-corrected chi connectivity index (χ2v) is 4.79. The molecule has 0 aromatic carbocycles. The third-order valence-corrected chi connectivity index (χ3v) is 3.02. The minimum atomic E-state index is -1.17. The molecule has 1 aromatic rings. The molecule has 1 aliphatic heterocycles. The molecule has 1 unspecified atom stereocenters. The van der Waals surface area contributed by atoms with Crippen LogP contribution in [0.3, 0.4) is 0 Å². The average molecular weight is 268 g/mol. The second-order valence-electron chi connectivity index (χ2n) is 4.79. The molecule has 1 saturated heterocycles. The van der Waals surface area contributed by atoms with Crippen molar-refractivity contribution < 1.29 is 19.4 Å². The Morgan fingerprint density at radius 2 is 2.42 bits per heavy atom. The third kappa shape index (κ3) is 3.50. The lowest BCUT2D eigenvalue weighted by Crippen LogP contribution is -2.41. The van der Waals surface area contributed by atoms with E-state index in [0.717, 1.165) is 19.4 Å². The molecule has 0 aliphatic carbocycles. The van der Waals surface area contributed by atoms with Gasteiger partial charge in [0, 0.05) is 13.2 Å². The van der Waals surface area contributed by atoms with Crippen molar-refractivity contribution in [1.82, 2.24) is 20.3 Å². The number of hydrogen-bond acceptors (Lipinski definition) is 5. The van der Waals surface area contributed by atoms with Crippen LogP contribution in [0, 0.1) is 0 Å². The Bertz CT molecular complexity index is 479. The standard InChI is InChI=1S/C11H16N4O4/c1-11(3-2-4-19-11)7-12-9(16)6-15-5-8(10(17)18)13-14-15/h5H,2-4,6-7H2,1H3,(H,12,16)(H,17,18). The first-order valence-electron chi connectivity index (χ1n) is 6.03. The van der Waals surface area contributed by atoms with Crippen molar-refractivity contribution in [2.24, 2.45) is 0 Å². The first kappa shape index (κ1) is 13.5. The Balaban J connectivity index is 1.82. The first-order valence-corrected chi connectivity index (χ1v) is 6.03. The molecule has 2 heterocycles. The van der Waals surface area contributed by atoms with Gasteiger partial charge < -0.3 is 15.2 Å². The molecule has 1 aromatic heterocycles. The highest BCUT2D eigenvalue weighted by Crippen LogP contribution is 2.23. The molecule has 2 N–H and O–H groups in total. The Hall–Kier alpha value is -1.96. The van der Waals surface area contributed by atoms with Crippen LogP contribution in [0.5, 0.6) is 0 Å². The summed E-state index contributed by atoms with van der Waals surface area (Å²) >= 11 is 0. The number of amides is 1. The number of carboxylic acids is 1. The molecule has 2 rings (SSSR count). The molecule has 1 fully saturated rings. The zero-order chi connectivity index (χ0) is 13.9. The zero-order valence-electron chi connectivity index (χ0n) is 10.6. The minimum absolute atomic E-state index is 0.0592. The van der Waals surface area contributed by atoms with Crippen LogP contribution in [-0.4, -0.2) is 50.7 Å². The maximum Gasteiger partial charge on any atom is 0.358 e. The summed E-state index contributed by atoms with van der Waals surface area (Å²) in [5, 5.41) is 18.4. The number of ether oxygens (including phenoxy) is 1. The van der Waals surface area contributed by atoms with Crippen LogP contribution in [0.25, 0.3) is 0 Å². The van der Waals surface area contributed by atoms with E-state index in [1.807, 2.05) is 6.92 Å². The van der Waals surface area contributed by atoms with Gasteiger partial charge in [0.1, 0.15) is 6.54 Å². The number of aromatic nitrogens is 3. The summed E-state index contributed by atoms with van der Waals surface area (Å²) in [7, 11) is 0. The van der Waals surface area contributed by atoms with E-state index < -0.39 is 5.97 Å². The Morgan fingerprint density at radius 1 is 1.63 bits per heavy atom. The van der Waals surface area contributed by atoms with Gasteiger partial charge in [0.05, 0.1) is 11.8 Å². The smallest absolute Gasteiger partial charge is 0.358 e. The van der Waals surface area contributed by atoms with Crippen LogP contribution in [0.15, 0.2) is 6.20 Å². The van der Waals surface area contributed by atoms with Gasteiger partial charge >= 0.3 is 5.97 Å². The van der Waals surface area contributed by atoms with E-state index >= 15 is 0 Å². The van der Waals surface area contributed by atoms with Crippen molar-refractivity contribution in [3.05, 3.63) is 11.9 Å². The summed E-state index contributed by atoms with van der Waals surface area (Å²) in [5.41, 5.74) is -0.483. The van der Waals surface area contributed by atoms with Gasteiger partial charge in [-0.05, 0) is 19.8 Å². The lowest BCUT2D eigenvalue weighted by molar-refractivity contribution is -0.123. The topological polar surface area (TPSA) is 106 Å². The van der Waals surface area contributed by atoms with Crippen molar-refractivity contribution in [2.75, 3.05) is 13.2 Å². The average Bonchev–Trinajstić information content (AvgIpc) is 2.97. The first-order chi connectivity index (χ1) is 8.98. The largest absolute Gasteiger partial charge is 0.476 e. The fraction of sp³-hybridized carbons (Fsp3) is 0.636. The molecule has 0 spiro atoms. The van der Waals surface area contributed by atoms with Gasteiger partial charge in [0.25, 0.3) is 0 Å². The molecule has 1 atom stereocenters. The minimum Gasteiger partial charge on any atom is -0.476 e. The van der Waals surface area contributed by atoms with E-state index in [-0.39, 0.29) is 23.7 Å². The monoisotopic (exact) mass is 268 g/mol. The van der Waals surface area contributed by atoms with E-state index in [2.05, 4.69) is 15.6 Å². The molecule has 0 radical (unpaired) electrons. The summed E-state index contributed by atoms with van der Waals surface area (Å²) < 4.78 is 6.74. The van der Waals surface area contributed by atoms with Crippen LogP contribution in [0.2, 0.25) is 0 Å². The Morgan fingerprint density at radius 3 is 3.00 bits per heavy atom. The van der Waals surface area contributed by atoms with Gasteiger partial charge in [0.15, 0.2) is 5.69 Å². The quantitative estimate of drug-likeness (QED) is 0.756. The lowest BCUT2D eigenvalue weighted by atomic mass is 10.0. The zero-order valence-corrected chi connectivity index (χ0v) is 10.6. The van der Waals surface area contributed by atoms with E-state index in [1.54, 1.807) is 0 Å². The van der Waals surface area contributed by atoms with Crippen LogP contribution in [0.1, 0.15) is 30.3 Å². The maximum atomic E-state index is 11.7. The van der Waals surface area contributed by atoms with E-state index in [9.17, 15) is 9.59 Å². The third-order valence-electron chi connectivity index (χ3n) is 3.02. The molecule has 1 amide bonds. The predicted molar refractivity (Wildman–Crippen MR) is 63.6 cm³/mol. The highest BCUT2D eigenvalue weighted by molar-refractivity contribution is 5.84. The molecule has 8 nitrogen and oxygen atoms in total. The second kappa shape index (κ2) is 5.35. The van der Waals surface area contributed by atoms with Gasteiger partial charge in [0.2, 0.25) is 5.91 Å². The molecule has 8 heteroatoms. The van der Waals surface area contributed by atoms with E-state index in [1.165, 1.54) is 10.9 Å². The molecule has 0 bridgehead atoms. The summed E-state index contributed by atoms with van der Waals surface area (Å²) in [4.78, 5) is 22.3. The van der Waals surface area contributed by atoms with Gasteiger partial charge in [-0.3, -0.25) is 4.79 Å². The fourth-order valence-corrected chi connectivity index (χ4v) is 1.94. The highest BCUT2D eigenvalue weighted by Gasteiger charge is 2.30. The SMILES string of the molecule is CC1(CNC(=O)Cn2cc(C(=O)O)nn2)CCCO1. The summed E-state index contributed by atoms with van der Waals surface area (Å²) in [6, 6.07) is 0. The van der Waals surface area contributed by atoms with Crippen molar-refractivity contribution >= 4 is 11.9 Å². The number of carbonyl (C=O) groups excluding carboxylic acids is 1. The molecular weight excluding hydrogens is 252 g/mol. The van der Waals surface area contributed by atoms with Gasteiger partial charge in [-0.25, -0.2) is 9.48 Å². The Kier molecular flexibility index (Phi) is 3.79. The van der Waals surface area contributed by atoms with Gasteiger partial charge in [-0.2, -0.15) is 0 Å². The van der Waals surface area contributed by atoms with Crippen LogP contribution >= 0.6 is 0 Å². The van der Waals surface area contributed by atoms with E-state index in [4.69, 9.17) is 9.84 Å². The van der Waals surface area contributed by atoms with Crippen LogP contribution in [0.4, 0.5) is 0 Å². The van der Waals surface area contributed by atoms with Gasteiger partial charge in [-0.15, -0.1) is 5.10 Å². The molecule has 104 valence electrons. The highest BCUT2D eigenvalue weighted by atomic mass is 16.5. The number of rotatable bonds is 5. The van der Waals surface area contributed by atoms with Crippen molar-refractivity contribution in [2.45, 2.75) is 31.9 Å². The summed E-state index contributed by atoms with van der Waals surface area (Å²) in [6.07, 6.45) is 3.13. The van der Waals surface area contributed by atoms with E-state index in [0.29, 0.717) is 6.54 Å². The molecule has 1 aliphatic rings. The lowest BCUT2D eigenvalue weighted by Gasteiger charge is -2.23. The predicted octanol–water partition coefficient (Wildman–Crippen LogP) is -0.338. The number of nitrogens with zero attached hydrogens (tertiary/aromatic N) is 3. The summed E-state index contributed by atoms with van der Waals surface area (Å²) in [6.45, 7) is 3.05. The summed E-state index contributed by atoms with van der Waals surface area (Å²) in [5.74, 6) is -1.42. The number of carboxylic acid groups (broad SMARTS) is 1. The molecular formula is C11H16N4O4. The molecule has 0 saturated carbocycles. The maximum absolute atomic E-state index is 11.7. The Labute approximate surface area is 109 Å². The van der Waals surface area contributed by atoms with Gasteiger partial charge in [-0.1, -0.05) is 5.21 Å². The van der Waals surface area contributed by atoms with Crippen molar-refractivity contribution in [3.8, 4) is 0 Å². The normalized spacial score (nSPS) is 22.4. The number of aromatic carboxylic acids is 1. The fourth-order valence-electron chi connectivity index (χ4n) is 1.94.